The predicted molar refractivity (Wildman–Crippen MR) is 147 cm³/mol. The van der Waals surface area contributed by atoms with E-state index in [-0.39, 0.29) is 29.1 Å². The van der Waals surface area contributed by atoms with E-state index in [2.05, 4.69) is 26.3 Å². The largest absolute Gasteiger partial charge is 0.416 e. The number of carbonyl (C=O) groups is 2. The number of aromatic nitrogens is 5. The summed E-state index contributed by atoms with van der Waals surface area (Å²) in [5.41, 5.74) is 5.89. The minimum Gasteiger partial charge on any atom is -0.383 e. The second kappa shape index (κ2) is 10.7. The number of likely N-dealkylation sites (tertiary alicyclic amines) is 1. The van der Waals surface area contributed by atoms with Gasteiger partial charge in [0.2, 0.25) is 5.91 Å². The van der Waals surface area contributed by atoms with E-state index >= 15 is 0 Å². The first-order valence-electron chi connectivity index (χ1n) is 13.0. The third-order valence-corrected chi connectivity index (χ3v) is 7.11. The molecule has 1 aliphatic heterocycles. The van der Waals surface area contributed by atoms with Gasteiger partial charge in [-0.25, -0.2) is 19.6 Å². The fraction of sp³-hybridized carbons (Fsp3) is 0.321. The van der Waals surface area contributed by atoms with Crippen molar-refractivity contribution in [1.29, 1.82) is 5.26 Å². The van der Waals surface area contributed by atoms with E-state index in [4.69, 9.17) is 10.8 Å². The van der Waals surface area contributed by atoms with Crippen LogP contribution in [0, 0.1) is 16.7 Å². The molecule has 42 heavy (non-hydrogen) atoms. The number of nitrogens with two attached hydrogens (primary N) is 1. The quantitative estimate of drug-likeness (QED) is 0.352. The van der Waals surface area contributed by atoms with Gasteiger partial charge in [-0.1, -0.05) is 12.1 Å². The molecule has 0 saturated carbocycles. The van der Waals surface area contributed by atoms with E-state index in [0.717, 1.165) is 24.8 Å². The summed E-state index contributed by atoms with van der Waals surface area (Å²) in [6.45, 7) is 4.05. The average Bonchev–Trinajstić information content (AvgIpc) is 3.37. The highest BCUT2D eigenvalue weighted by Crippen LogP contribution is 2.35. The molecule has 1 aliphatic rings. The first-order valence-corrected chi connectivity index (χ1v) is 13.0. The third-order valence-electron chi connectivity index (χ3n) is 7.11. The summed E-state index contributed by atoms with van der Waals surface area (Å²) < 4.78 is 40.8. The Balaban J connectivity index is 1.42. The molecule has 0 aliphatic carbocycles. The number of amides is 2. The van der Waals surface area contributed by atoms with Gasteiger partial charge in [-0.2, -0.15) is 23.5 Å². The molecule has 2 amide bonds. The molecule has 1 atom stereocenters. The standard InChI is InChI=1S/C28H26F3N9O2/c1-27(2,14-32)26(42)39-11-3-4-19(13-39)40-24-21(23(33)35-15-36-24)22(38-40)16-5-7-17(8-6-16)25(41)37-20-12-18(9-10-34-20)28(29,30)31/h5-10,12,15,19H,3-4,11,13H2,1-2H3,(H2,33,35,36)(H,34,37,41)/t19-/m1/s1. The lowest BCUT2D eigenvalue weighted by atomic mass is 9.92. The molecule has 1 saturated heterocycles. The van der Waals surface area contributed by atoms with E-state index in [1.165, 1.54) is 18.5 Å². The zero-order valence-corrected chi connectivity index (χ0v) is 22.7. The predicted octanol–water partition coefficient (Wildman–Crippen LogP) is 4.45. The molecule has 1 fully saturated rings. The molecule has 216 valence electrons. The molecular formula is C28H26F3N9O2. The maximum atomic E-state index is 13.0. The Labute approximate surface area is 238 Å². The molecule has 14 heteroatoms. The smallest absolute Gasteiger partial charge is 0.383 e. The fourth-order valence-corrected chi connectivity index (χ4v) is 4.88. The number of hydrogen-bond acceptors (Lipinski definition) is 8. The highest BCUT2D eigenvalue weighted by Gasteiger charge is 2.36. The van der Waals surface area contributed by atoms with Crippen molar-refractivity contribution >= 4 is 34.5 Å². The van der Waals surface area contributed by atoms with Gasteiger partial charge in [-0.15, -0.1) is 0 Å². The van der Waals surface area contributed by atoms with Crippen LogP contribution >= 0.6 is 0 Å². The summed E-state index contributed by atoms with van der Waals surface area (Å²) in [7, 11) is 0. The normalized spacial score (nSPS) is 15.8. The van der Waals surface area contributed by atoms with Crippen LogP contribution in [0.3, 0.4) is 0 Å². The van der Waals surface area contributed by atoms with Gasteiger partial charge >= 0.3 is 6.18 Å². The van der Waals surface area contributed by atoms with Crippen LogP contribution < -0.4 is 11.1 Å². The van der Waals surface area contributed by atoms with Gasteiger partial charge in [-0.3, -0.25) is 9.59 Å². The van der Waals surface area contributed by atoms with Gasteiger partial charge in [0.1, 0.15) is 29.1 Å². The molecule has 4 aromatic rings. The summed E-state index contributed by atoms with van der Waals surface area (Å²) in [5.74, 6) is -0.923. The van der Waals surface area contributed by atoms with Crippen molar-refractivity contribution in [2.75, 3.05) is 24.1 Å². The molecule has 3 aromatic heterocycles. The summed E-state index contributed by atoms with van der Waals surface area (Å²) in [6, 6.07) is 9.70. The number of piperidine rings is 1. The van der Waals surface area contributed by atoms with Crippen LogP contribution in [0.1, 0.15) is 48.7 Å². The van der Waals surface area contributed by atoms with Crippen LogP contribution in [0.5, 0.6) is 0 Å². The van der Waals surface area contributed by atoms with Crippen molar-refractivity contribution in [3.8, 4) is 17.3 Å². The molecule has 1 aromatic carbocycles. The molecule has 3 N–H and O–H groups in total. The van der Waals surface area contributed by atoms with Gasteiger partial charge in [0.05, 0.1) is 23.1 Å². The SMILES string of the molecule is CC(C)(C#N)C(=O)N1CCC[C@@H](n2nc(-c3ccc(C(=O)Nc4cc(C(F)(F)F)ccn4)cc3)c3c(N)ncnc32)C1. The Kier molecular flexibility index (Phi) is 7.27. The number of anilines is 2. The molecule has 0 unspecified atom stereocenters. The van der Waals surface area contributed by atoms with Gasteiger partial charge < -0.3 is 16.0 Å². The van der Waals surface area contributed by atoms with Crippen molar-refractivity contribution in [3.63, 3.8) is 0 Å². The summed E-state index contributed by atoms with van der Waals surface area (Å²) in [4.78, 5) is 39.7. The summed E-state index contributed by atoms with van der Waals surface area (Å²) in [5, 5.41) is 17.1. The van der Waals surface area contributed by atoms with Gasteiger partial charge in [0, 0.05) is 30.4 Å². The van der Waals surface area contributed by atoms with Crippen molar-refractivity contribution in [1.82, 2.24) is 29.6 Å². The number of fused-ring (bicyclic) bond motifs is 1. The zero-order chi connectivity index (χ0) is 30.2. The topological polar surface area (TPSA) is 156 Å². The zero-order valence-electron chi connectivity index (χ0n) is 22.7. The first-order chi connectivity index (χ1) is 19.9. The molecule has 0 spiro atoms. The van der Waals surface area contributed by atoms with Gasteiger partial charge in [-0.05, 0) is 51.0 Å². The van der Waals surface area contributed by atoms with E-state index in [0.29, 0.717) is 41.8 Å². The Morgan fingerprint density at radius 3 is 2.55 bits per heavy atom. The number of nitriles is 1. The second-order valence-corrected chi connectivity index (χ2v) is 10.5. The maximum absolute atomic E-state index is 13.0. The van der Waals surface area contributed by atoms with Crippen molar-refractivity contribution < 1.29 is 22.8 Å². The van der Waals surface area contributed by atoms with Crippen molar-refractivity contribution in [2.45, 2.75) is 38.9 Å². The number of carbonyl (C=O) groups excluding carboxylic acids is 2. The molecule has 5 rings (SSSR count). The molecule has 0 radical (unpaired) electrons. The minimum atomic E-state index is -4.57. The number of pyridine rings is 1. The average molecular weight is 578 g/mol. The molecule has 4 heterocycles. The number of benzene rings is 1. The number of alkyl halides is 3. The first kappa shape index (κ1) is 28.5. The Morgan fingerprint density at radius 2 is 1.86 bits per heavy atom. The van der Waals surface area contributed by atoms with E-state index < -0.39 is 23.1 Å². The number of rotatable bonds is 5. The van der Waals surface area contributed by atoms with Gasteiger partial charge in [0.25, 0.3) is 5.91 Å². The van der Waals surface area contributed by atoms with Crippen LogP contribution in [0.2, 0.25) is 0 Å². The molecule has 11 nitrogen and oxygen atoms in total. The lowest BCUT2D eigenvalue weighted by Crippen LogP contribution is -2.46. The lowest BCUT2D eigenvalue weighted by Gasteiger charge is -2.35. The van der Waals surface area contributed by atoms with Crippen molar-refractivity contribution in [2.24, 2.45) is 5.41 Å². The Bertz CT molecular complexity index is 1710. The van der Waals surface area contributed by atoms with E-state index in [9.17, 15) is 28.0 Å². The number of hydrogen-bond donors (Lipinski definition) is 2. The van der Waals surface area contributed by atoms with Crippen LogP contribution in [0.25, 0.3) is 22.3 Å². The molecule has 0 bridgehead atoms. The van der Waals surface area contributed by atoms with Crippen molar-refractivity contribution in [3.05, 3.63) is 60.0 Å². The summed E-state index contributed by atoms with van der Waals surface area (Å²) in [6.07, 6.45) is -0.833. The van der Waals surface area contributed by atoms with Crippen LogP contribution in [-0.4, -0.2) is 54.5 Å². The highest BCUT2D eigenvalue weighted by atomic mass is 19.4. The van der Waals surface area contributed by atoms with E-state index in [1.807, 2.05) is 0 Å². The third kappa shape index (κ3) is 5.45. The number of nitrogens with one attached hydrogen (secondary N) is 1. The minimum absolute atomic E-state index is 0.187. The fourth-order valence-electron chi connectivity index (χ4n) is 4.88. The highest BCUT2D eigenvalue weighted by molar-refractivity contribution is 6.04. The van der Waals surface area contributed by atoms with E-state index in [1.54, 1.807) is 35.6 Å². The summed E-state index contributed by atoms with van der Waals surface area (Å²) >= 11 is 0. The van der Waals surface area contributed by atoms with Crippen LogP contribution in [0.15, 0.2) is 48.9 Å². The number of halogens is 3. The Morgan fingerprint density at radius 1 is 1.12 bits per heavy atom. The molecular weight excluding hydrogens is 551 g/mol. The van der Waals surface area contributed by atoms with Gasteiger partial charge in [0.15, 0.2) is 5.65 Å². The van der Waals surface area contributed by atoms with Crippen LogP contribution in [0.4, 0.5) is 24.8 Å². The second-order valence-electron chi connectivity index (χ2n) is 10.5. The lowest BCUT2D eigenvalue weighted by molar-refractivity contribution is -0.139. The van der Waals surface area contributed by atoms with Crippen LogP contribution in [-0.2, 0) is 11.0 Å². The Hall–Kier alpha value is -5.06. The number of nitrogens with zero attached hydrogens (tertiary/aromatic N) is 7. The monoisotopic (exact) mass is 577 g/mol. The maximum Gasteiger partial charge on any atom is 0.416 e. The number of nitrogen functional groups attached to an aromatic ring is 1.